The van der Waals surface area contributed by atoms with Crippen LogP contribution in [0.25, 0.3) is 0 Å². The third-order valence-electron chi connectivity index (χ3n) is 4.14. The van der Waals surface area contributed by atoms with E-state index in [2.05, 4.69) is 4.98 Å². The molecule has 0 saturated heterocycles. The zero-order valence-electron chi connectivity index (χ0n) is 15.2. The SMILES string of the molecule is CCCC(CCC)S(=O)(=O)CC(N)(C(N)=O)C(=O)c1c(O)cncc1O.Cl. The Hall–Kier alpha value is -1.91. The summed E-state index contributed by atoms with van der Waals surface area (Å²) in [5.74, 6) is -5.13. The smallest absolute Gasteiger partial charge is 0.246 e. The van der Waals surface area contributed by atoms with Crippen molar-refractivity contribution in [3.63, 3.8) is 0 Å². The lowest BCUT2D eigenvalue weighted by Gasteiger charge is -2.27. The number of aromatic nitrogens is 1. The lowest BCUT2D eigenvalue weighted by Crippen LogP contribution is -2.63. The van der Waals surface area contributed by atoms with Gasteiger partial charge in [0.2, 0.25) is 11.7 Å². The second kappa shape index (κ2) is 9.86. The van der Waals surface area contributed by atoms with Crippen molar-refractivity contribution >= 4 is 33.9 Å². The van der Waals surface area contributed by atoms with Gasteiger partial charge in [-0.15, -0.1) is 12.4 Å². The summed E-state index contributed by atoms with van der Waals surface area (Å²) in [5, 5.41) is 18.8. The van der Waals surface area contributed by atoms with Gasteiger partial charge in [-0.2, -0.15) is 0 Å². The molecule has 1 amide bonds. The van der Waals surface area contributed by atoms with Crippen molar-refractivity contribution in [1.29, 1.82) is 0 Å². The summed E-state index contributed by atoms with van der Waals surface area (Å²) < 4.78 is 25.5. The second-order valence-corrected chi connectivity index (χ2v) is 8.51. The lowest BCUT2D eigenvalue weighted by atomic mass is 9.91. The number of nitrogens with two attached hydrogens (primary N) is 2. The number of ketones is 1. The maximum atomic E-state index is 12.8. The summed E-state index contributed by atoms with van der Waals surface area (Å²) in [7, 11) is -3.95. The number of sulfone groups is 1. The van der Waals surface area contributed by atoms with Crippen molar-refractivity contribution in [1.82, 2.24) is 4.98 Å². The molecule has 0 aliphatic rings. The number of rotatable bonds is 10. The van der Waals surface area contributed by atoms with Crippen LogP contribution in [-0.2, 0) is 14.6 Å². The first-order chi connectivity index (χ1) is 12.0. The van der Waals surface area contributed by atoms with Crippen LogP contribution in [0.4, 0.5) is 0 Å². The maximum Gasteiger partial charge on any atom is 0.246 e. The number of pyridine rings is 1. The fourth-order valence-corrected chi connectivity index (χ4v) is 5.06. The molecule has 1 aromatic heterocycles. The van der Waals surface area contributed by atoms with Gasteiger partial charge >= 0.3 is 0 Å². The van der Waals surface area contributed by atoms with Crippen LogP contribution in [0.3, 0.4) is 0 Å². The molecule has 0 aliphatic heterocycles. The van der Waals surface area contributed by atoms with Gasteiger partial charge in [0.1, 0.15) is 17.1 Å². The summed E-state index contributed by atoms with van der Waals surface area (Å²) >= 11 is 0. The van der Waals surface area contributed by atoms with Gasteiger partial charge in [-0.3, -0.25) is 14.6 Å². The largest absolute Gasteiger partial charge is 0.505 e. The quantitative estimate of drug-likeness (QED) is 0.313. The van der Waals surface area contributed by atoms with Crippen LogP contribution >= 0.6 is 12.4 Å². The molecule has 0 spiro atoms. The standard InChI is InChI=1S/C16H25N3O6S.ClH/c1-3-5-10(6-4-2)26(24,25)9-16(18,15(17)23)14(22)13-11(20)7-19-8-12(13)21;/h7-8,10,20-21H,3-6,9,18H2,1-2H3,(H2,17,23);1H. The number of carbonyl (C=O) groups excluding carboxylic acids is 2. The number of nitrogens with zero attached hydrogens (tertiary/aromatic N) is 1. The highest BCUT2D eigenvalue weighted by Gasteiger charge is 2.48. The third-order valence-corrected chi connectivity index (χ3v) is 6.48. The molecule has 0 aromatic carbocycles. The van der Waals surface area contributed by atoms with Crippen molar-refractivity contribution in [2.75, 3.05) is 5.75 Å². The highest BCUT2D eigenvalue weighted by molar-refractivity contribution is 7.92. The molecule has 1 rings (SSSR count). The normalized spacial score (nSPS) is 13.6. The number of aromatic hydroxyl groups is 2. The van der Waals surface area contributed by atoms with Gasteiger partial charge in [0.25, 0.3) is 0 Å². The summed E-state index contributed by atoms with van der Waals surface area (Å²) in [6, 6.07) is 0. The molecule has 6 N–H and O–H groups in total. The molecule has 0 bridgehead atoms. The van der Waals surface area contributed by atoms with E-state index in [4.69, 9.17) is 11.5 Å². The van der Waals surface area contributed by atoms with E-state index in [1.54, 1.807) is 0 Å². The number of hydrogen-bond donors (Lipinski definition) is 4. The van der Waals surface area contributed by atoms with Crippen LogP contribution in [0.1, 0.15) is 49.9 Å². The van der Waals surface area contributed by atoms with Crippen LogP contribution < -0.4 is 11.5 Å². The molecule has 27 heavy (non-hydrogen) atoms. The first-order valence-corrected chi connectivity index (χ1v) is 9.93. The Labute approximate surface area is 164 Å². The number of carbonyl (C=O) groups is 2. The van der Waals surface area contributed by atoms with Crippen molar-refractivity contribution in [2.45, 2.75) is 50.3 Å². The first-order valence-electron chi connectivity index (χ1n) is 8.22. The molecule has 1 heterocycles. The van der Waals surface area contributed by atoms with Gasteiger partial charge < -0.3 is 21.7 Å². The predicted octanol–water partition coefficient (Wildman–Crippen LogP) is 0.664. The average molecular weight is 424 g/mol. The van der Waals surface area contributed by atoms with Crippen LogP contribution in [0, 0.1) is 0 Å². The van der Waals surface area contributed by atoms with Crippen molar-refractivity contribution in [3.8, 4) is 11.5 Å². The fraction of sp³-hybridized carbons (Fsp3) is 0.562. The number of primary amides is 1. The highest BCUT2D eigenvalue weighted by Crippen LogP contribution is 2.30. The molecule has 0 radical (unpaired) electrons. The Morgan fingerprint density at radius 2 is 1.59 bits per heavy atom. The molecule has 0 fully saturated rings. The van der Waals surface area contributed by atoms with E-state index >= 15 is 0 Å². The molecule has 9 nitrogen and oxygen atoms in total. The number of halogens is 1. The number of amides is 1. The highest BCUT2D eigenvalue weighted by atomic mass is 35.5. The molecule has 154 valence electrons. The van der Waals surface area contributed by atoms with Crippen LogP contribution in [0.5, 0.6) is 11.5 Å². The summed E-state index contributed by atoms with van der Waals surface area (Å²) in [4.78, 5) is 28.1. The zero-order valence-corrected chi connectivity index (χ0v) is 16.8. The van der Waals surface area contributed by atoms with Crippen molar-refractivity contribution in [2.24, 2.45) is 11.5 Å². The van der Waals surface area contributed by atoms with Gasteiger partial charge in [-0.25, -0.2) is 8.42 Å². The number of Topliss-reactive ketones (excluding diaryl/α,β-unsaturated/α-hetero) is 1. The predicted molar refractivity (Wildman–Crippen MR) is 103 cm³/mol. The molecule has 0 aliphatic carbocycles. The minimum Gasteiger partial charge on any atom is -0.505 e. The maximum absolute atomic E-state index is 12.8. The van der Waals surface area contributed by atoms with E-state index in [1.807, 2.05) is 13.8 Å². The van der Waals surface area contributed by atoms with E-state index in [1.165, 1.54) is 0 Å². The fourth-order valence-electron chi connectivity index (χ4n) is 2.73. The molecule has 1 atom stereocenters. The van der Waals surface area contributed by atoms with Gasteiger partial charge in [0, 0.05) is 0 Å². The molecular weight excluding hydrogens is 398 g/mol. The van der Waals surface area contributed by atoms with Crippen molar-refractivity contribution in [3.05, 3.63) is 18.0 Å². The zero-order chi connectivity index (χ0) is 20.1. The number of hydrogen-bond acceptors (Lipinski definition) is 8. The summed E-state index contributed by atoms with van der Waals surface area (Å²) in [6.45, 7) is 3.64. The molecular formula is C16H26ClN3O6S. The van der Waals surface area contributed by atoms with Gasteiger partial charge in [-0.05, 0) is 12.8 Å². The Kier molecular flexibility index (Phi) is 9.16. The van der Waals surface area contributed by atoms with Gasteiger partial charge in [0.05, 0.1) is 23.4 Å². The molecule has 1 aromatic rings. The van der Waals surface area contributed by atoms with E-state index < -0.39 is 55.1 Å². The Balaban J connectivity index is 0.00000676. The van der Waals surface area contributed by atoms with Gasteiger partial charge in [0.15, 0.2) is 15.4 Å². The van der Waals surface area contributed by atoms with Crippen molar-refractivity contribution < 1.29 is 28.2 Å². The molecule has 0 saturated carbocycles. The monoisotopic (exact) mass is 423 g/mol. The minimum atomic E-state index is -3.95. The molecule has 1 unspecified atom stereocenters. The lowest BCUT2D eigenvalue weighted by molar-refractivity contribution is -0.120. The third kappa shape index (κ3) is 5.53. The van der Waals surface area contributed by atoms with Crippen LogP contribution in [0.15, 0.2) is 12.4 Å². The van der Waals surface area contributed by atoms with E-state index in [0.717, 1.165) is 12.4 Å². The first kappa shape index (κ1) is 25.1. The Morgan fingerprint density at radius 1 is 1.15 bits per heavy atom. The summed E-state index contributed by atoms with van der Waals surface area (Å²) in [6.07, 6.45) is 3.62. The Bertz CT molecular complexity index is 760. The molecule has 11 heteroatoms. The van der Waals surface area contributed by atoms with E-state index in [-0.39, 0.29) is 12.4 Å². The van der Waals surface area contributed by atoms with E-state index in [0.29, 0.717) is 25.7 Å². The second-order valence-electron chi connectivity index (χ2n) is 6.22. The van der Waals surface area contributed by atoms with E-state index in [9.17, 15) is 28.2 Å². The van der Waals surface area contributed by atoms with Crippen LogP contribution in [-0.4, -0.2) is 51.8 Å². The Morgan fingerprint density at radius 3 is 1.96 bits per heavy atom. The average Bonchev–Trinajstić information content (AvgIpc) is 2.53. The van der Waals surface area contributed by atoms with Crippen LogP contribution in [0.2, 0.25) is 0 Å². The van der Waals surface area contributed by atoms with Gasteiger partial charge in [-0.1, -0.05) is 26.7 Å². The minimum absolute atomic E-state index is 0. The topological polar surface area (TPSA) is 174 Å². The summed E-state index contributed by atoms with van der Waals surface area (Å²) in [5.41, 5.74) is 7.74.